The monoisotopic (exact) mass is 859 g/mol. The molecule has 0 spiro atoms. The van der Waals surface area contributed by atoms with E-state index in [1.807, 2.05) is 0 Å². The third-order valence-electron chi connectivity index (χ3n) is 14.5. The molecule has 1 aliphatic heterocycles. The number of piperazine rings is 1. The first kappa shape index (κ1) is 58.9. The van der Waals surface area contributed by atoms with Gasteiger partial charge in [-0.25, -0.2) is 0 Å². The maximum absolute atomic E-state index is 3.00. The summed E-state index contributed by atoms with van der Waals surface area (Å²) in [7, 11) is 0. The van der Waals surface area contributed by atoms with Crippen LogP contribution in [0.3, 0.4) is 0 Å². The lowest BCUT2D eigenvalue weighted by molar-refractivity contribution is -0.0259. The molecular weight excluding hydrogens is 741 g/mol. The fourth-order valence-electron chi connectivity index (χ4n) is 10.2. The van der Waals surface area contributed by atoms with Gasteiger partial charge in [-0.3, -0.25) is 14.7 Å². The van der Waals surface area contributed by atoms with Crippen LogP contribution in [0.15, 0.2) is 0 Å². The molecule has 0 radical (unpaired) electrons. The van der Waals surface area contributed by atoms with E-state index in [1.165, 1.54) is 329 Å². The molecule has 1 unspecified atom stereocenters. The van der Waals surface area contributed by atoms with E-state index >= 15 is 0 Å². The quantitative estimate of drug-likeness (QED) is 0.0565. The van der Waals surface area contributed by atoms with Gasteiger partial charge in [-0.05, 0) is 64.8 Å². The Balaban J connectivity index is 2.74. The van der Waals surface area contributed by atoms with Gasteiger partial charge in [0, 0.05) is 32.7 Å². The standard InChI is InChI=1S/C57H118N4/c1-6-11-15-19-23-27-31-35-39-43-48-58(49-44-40-36-32-28-24-20-16-12-7-2)52-53-59-54-55-60(47-10-5)57(56-59)61(50-45-41-37-33-29-25-21-17-13-8-3)51-46-42-38-34-30-26-22-18-14-9-4/h57H,6-56H2,1-5H3. The van der Waals surface area contributed by atoms with Crippen LogP contribution in [0.5, 0.6) is 0 Å². The summed E-state index contributed by atoms with van der Waals surface area (Å²) in [4.78, 5) is 11.7. The van der Waals surface area contributed by atoms with Crippen LogP contribution >= 0.6 is 0 Å². The predicted molar refractivity (Wildman–Crippen MR) is 277 cm³/mol. The normalized spacial score (nSPS) is 15.3. The van der Waals surface area contributed by atoms with Gasteiger partial charge in [-0.2, -0.15) is 0 Å². The van der Waals surface area contributed by atoms with Gasteiger partial charge in [0.1, 0.15) is 0 Å². The molecular formula is C57H118N4. The number of unbranched alkanes of at least 4 members (excludes halogenated alkanes) is 36. The lowest BCUT2D eigenvalue weighted by Gasteiger charge is -2.47. The summed E-state index contributed by atoms with van der Waals surface area (Å²) in [5.74, 6) is 0. The van der Waals surface area contributed by atoms with Crippen molar-refractivity contribution in [2.75, 3.05) is 65.4 Å². The molecule has 0 aromatic carbocycles. The van der Waals surface area contributed by atoms with E-state index in [4.69, 9.17) is 0 Å². The smallest absolute Gasteiger partial charge is 0.0754 e. The Hall–Kier alpha value is -0.160. The molecule has 1 saturated heterocycles. The molecule has 0 aliphatic carbocycles. The van der Waals surface area contributed by atoms with E-state index < -0.39 is 0 Å². The highest BCUT2D eigenvalue weighted by Crippen LogP contribution is 2.20. The van der Waals surface area contributed by atoms with Gasteiger partial charge in [0.15, 0.2) is 0 Å². The Labute approximate surface area is 387 Å². The maximum Gasteiger partial charge on any atom is 0.0754 e. The Morgan fingerprint density at radius 3 is 0.902 bits per heavy atom. The van der Waals surface area contributed by atoms with Gasteiger partial charge >= 0.3 is 0 Å². The summed E-state index contributed by atoms with van der Waals surface area (Å²) in [5.41, 5.74) is 0. The van der Waals surface area contributed by atoms with Crippen LogP contribution in [0.25, 0.3) is 0 Å². The molecule has 0 amide bonds. The average Bonchev–Trinajstić information content (AvgIpc) is 3.27. The van der Waals surface area contributed by atoms with E-state index in [1.54, 1.807) is 0 Å². The minimum Gasteiger partial charge on any atom is -0.302 e. The molecule has 1 heterocycles. The van der Waals surface area contributed by atoms with E-state index in [9.17, 15) is 0 Å². The molecule has 4 heteroatoms. The van der Waals surface area contributed by atoms with Crippen molar-refractivity contribution in [2.45, 2.75) is 304 Å². The summed E-state index contributed by atoms with van der Waals surface area (Å²) in [6.07, 6.45) is 59.4. The second kappa shape index (κ2) is 47.8. The van der Waals surface area contributed by atoms with E-state index in [-0.39, 0.29) is 0 Å². The number of hydrogen-bond acceptors (Lipinski definition) is 4. The Kier molecular flexibility index (Phi) is 46.1. The van der Waals surface area contributed by atoms with Crippen LogP contribution in [0.4, 0.5) is 0 Å². The van der Waals surface area contributed by atoms with Crippen molar-refractivity contribution >= 4 is 0 Å². The third-order valence-corrected chi connectivity index (χ3v) is 14.5. The Morgan fingerprint density at radius 2 is 0.590 bits per heavy atom. The first-order chi connectivity index (χ1) is 30.2. The molecule has 61 heavy (non-hydrogen) atoms. The van der Waals surface area contributed by atoms with Gasteiger partial charge in [-0.15, -0.1) is 0 Å². The zero-order valence-electron chi connectivity index (χ0n) is 43.4. The minimum absolute atomic E-state index is 0.614. The molecule has 4 nitrogen and oxygen atoms in total. The zero-order valence-corrected chi connectivity index (χ0v) is 43.4. The molecule has 0 saturated carbocycles. The summed E-state index contributed by atoms with van der Waals surface area (Å²) in [6, 6.07) is 0. The molecule has 0 aromatic heterocycles. The SMILES string of the molecule is CCCCCCCCCCCCN(CCCCCCCCCCCC)CCN1CCN(CCC)C(N(CCCCCCCCCCCC)CCCCCCCCCCCC)C1. The summed E-state index contributed by atoms with van der Waals surface area (Å²) in [6.45, 7) is 24.7. The van der Waals surface area contributed by atoms with Crippen LogP contribution < -0.4 is 0 Å². The van der Waals surface area contributed by atoms with Gasteiger partial charge in [0.2, 0.25) is 0 Å². The van der Waals surface area contributed by atoms with Crippen LogP contribution in [-0.4, -0.2) is 91.2 Å². The largest absolute Gasteiger partial charge is 0.302 e. The summed E-state index contributed by atoms with van der Waals surface area (Å²) < 4.78 is 0. The molecule has 366 valence electrons. The Morgan fingerprint density at radius 1 is 0.295 bits per heavy atom. The number of rotatable bonds is 50. The average molecular weight is 860 g/mol. The van der Waals surface area contributed by atoms with Gasteiger partial charge < -0.3 is 4.90 Å². The second-order valence-electron chi connectivity index (χ2n) is 20.4. The molecule has 1 aliphatic rings. The third kappa shape index (κ3) is 37.7. The fraction of sp³-hybridized carbons (Fsp3) is 1.00. The molecule has 0 bridgehead atoms. The van der Waals surface area contributed by atoms with Crippen molar-refractivity contribution in [1.82, 2.24) is 19.6 Å². The zero-order chi connectivity index (χ0) is 43.9. The lowest BCUT2D eigenvalue weighted by Crippen LogP contribution is -2.61. The molecule has 0 N–H and O–H groups in total. The first-order valence-corrected chi connectivity index (χ1v) is 29.1. The molecule has 1 fully saturated rings. The van der Waals surface area contributed by atoms with Crippen molar-refractivity contribution in [3.63, 3.8) is 0 Å². The predicted octanol–water partition coefficient (Wildman–Crippen LogP) is 17.6. The number of nitrogens with zero attached hydrogens (tertiary/aromatic N) is 4. The van der Waals surface area contributed by atoms with E-state index in [0.717, 1.165) is 0 Å². The van der Waals surface area contributed by atoms with E-state index in [2.05, 4.69) is 54.2 Å². The van der Waals surface area contributed by atoms with Crippen molar-refractivity contribution in [1.29, 1.82) is 0 Å². The highest BCUT2D eigenvalue weighted by molar-refractivity contribution is 4.84. The van der Waals surface area contributed by atoms with Gasteiger partial charge in [0.05, 0.1) is 6.17 Å². The maximum atomic E-state index is 3.00. The minimum atomic E-state index is 0.614. The summed E-state index contributed by atoms with van der Waals surface area (Å²) in [5, 5.41) is 0. The van der Waals surface area contributed by atoms with E-state index in [0.29, 0.717) is 6.17 Å². The van der Waals surface area contributed by atoms with Crippen LogP contribution in [-0.2, 0) is 0 Å². The number of hydrogen-bond donors (Lipinski definition) is 0. The van der Waals surface area contributed by atoms with Crippen molar-refractivity contribution in [2.24, 2.45) is 0 Å². The first-order valence-electron chi connectivity index (χ1n) is 29.1. The van der Waals surface area contributed by atoms with Crippen LogP contribution in [0, 0.1) is 0 Å². The van der Waals surface area contributed by atoms with Crippen LogP contribution in [0.2, 0.25) is 0 Å². The van der Waals surface area contributed by atoms with Crippen molar-refractivity contribution in [3.8, 4) is 0 Å². The molecule has 1 atom stereocenters. The molecule has 1 rings (SSSR count). The van der Waals surface area contributed by atoms with Gasteiger partial charge in [-0.1, -0.05) is 266 Å². The van der Waals surface area contributed by atoms with Crippen molar-refractivity contribution in [3.05, 3.63) is 0 Å². The van der Waals surface area contributed by atoms with Crippen LogP contribution in [0.1, 0.15) is 298 Å². The highest BCUT2D eigenvalue weighted by Gasteiger charge is 2.30. The lowest BCUT2D eigenvalue weighted by atomic mass is 10.1. The highest BCUT2D eigenvalue weighted by atomic mass is 15.4. The van der Waals surface area contributed by atoms with Crippen molar-refractivity contribution < 1.29 is 0 Å². The topological polar surface area (TPSA) is 13.0 Å². The molecule has 0 aromatic rings. The second-order valence-corrected chi connectivity index (χ2v) is 20.4. The fourth-order valence-corrected chi connectivity index (χ4v) is 10.2. The Bertz CT molecular complexity index is 771. The van der Waals surface area contributed by atoms with Gasteiger partial charge in [0.25, 0.3) is 0 Å². The summed E-state index contributed by atoms with van der Waals surface area (Å²) >= 11 is 0.